The number of nitrogens with zero attached hydrogens (tertiary/aromatic N) is 1. The number of phenolic OH excluding ortho intramolecular Hbond substituents is 1. The number of aromatic hydroxyl groups is 1. The van der Waals surface area contributed by atoms with Gasteiger partial charge < -0.3 is 10.4 Å². The predicted octanol–water partition coefficient (Wildman–Crippen LogP) is 4.53. The average Bonchev–Trinajstić information content (AvgIpc) is 3.19. The highest BCUT2D eigenvalue weighted by atomic mass is 32.1. The summed E-state index contributed by atoms with van der Waals surface area (Å²) in [5, 5.41) is 21.9. The molecule has 124 valence electrons. The highest BCUT2D eigenvalue weighted by molar-refractivity contribution is 7.13. The number of phenols is 1. The third kappa shape index (κ3) is 3.19. The molecule has 0 aliphatic rings. The van der Waals surface area contributed by atoms with E-state index in [2.05, 4.69) is 15.5 Å². The Morgan fingerprint density at radius 3 is 2.79 bits per heavy atom. The van der Waals surface area contributed by atoms with Gasteiger partial charge in [-0.05, 0) is 53.6 Å². The summed E-state index contributed by atoms with van der Waals surface area (Å²) in [6, 6.07) is 9.15. The number of carbonyl (C=O) groups is 1. The van der Waals surface area contributed by atoms with Gasteiger partial charge in [0.2, 0.25) is 0 Å². The number of amides is 1. The Kier molecular flexibility index (Phi) is 4.40. The Bertz CT molecular complexity index is 867. The van der Waals surface area contributed by atoms with Gasteiger partial charge in [0.25, 0.3) is 5.91 Å². The minimum Gasteiger partial charge on any atom is -0.508 e. The fourth-order valence-electron chi connectivity index (χ4n) is 2.49. The molecule has 5 nitrogen and oxygen atoms in total. The molecule has 1 aromatic carbocycles. The van der Waals surface area contributed by atoms with Crippen LogP contribution in [0.25, 0.3) is 10.6 Å². The van der Waals surface area contributed by atoms with Crippen molar-refractivity contribution in [3.63, 3.8) is 0 Å². The van der Waals surface area contributed by atoms with Crippen molar-refractivity contribution in [2.45, 2.75) is 26.7 Å². The van der Waals surface area contributed by atoms with Crippen molar-refractivity contribution in [3.8, 4) is 16.3 Å². The van der Waals surface area contributed by atoms with E-state index in [0.29, 0.717) is 11.4 Å². The molecule has 3 aromatic rings. The molecular weight excluding hydrogens is 322 g/mol. The molecule has 0 saturated heterocycles. The maximum atomic E-state index is 12.5. The summed E-state index contributed by atoms with van der Waals surface area (Å²) in [6.07, 6.45) is 0. The molecule has 0 unspecified atom stereocenters. The summed E-state index contributed by atoms with van der Waals surface area (Å²) in [6.45, 7) is 5.84. The summed E-state index contributed by atoms with van der Waals surface area (Å²) in [4.78, 5) is 13.5. The van der Waals surface area contributed by atoms with Crippen LogP contribution in [0.15, 0.2) is 35.7 Å². The van der Waals surface area contributed by atoms with Crippen LogP contribution in [0, 0.1) is 6.92 Å². The molecule has 0 atom stereocenters. The molecule has 0 bridgehead atoms. The first-order valence-electron chi connectivity index (χ1n) is 7.70. The topological polar surface area (TPSA) is 78.0 Å². The summed E-state index contributed by atoms with van der Waals surface area (Å²) >= 11 is 1.58. The number of aromatic nitrogens is 2. The first kappa shape index (κ1) is 16.3. The number of H-pyrrole nitrogens is 1. The van der Waals surface area contributed by atoms with Crippen molar-refractivity contribution in [2.24, 2.45) is 0 Å². The van der Waals surface area contributed by atoms with Crippen LogP contribution >= 0.6 is 11.3 Å². The summed E-state index contributed by atoms with van der Waals surface area (Å²) in [5.41, 5.74) is 3.44. The zero-order chi connectivity index (χ0) is 17.3. The lowest BCUT2D eigenvalue weighted by Crippen LogP contribution is -2.13. The molecule has 0 aliphatic carbocycles. The average molecular weight is 341 g/mol. The fraction of sp³-hybridized carbons (Fsp3) is 0.222. The van der Waals surface area contributed by atoms with Crippen molar-refractivity contribution >= 4 is 22.9 Å². The molecule has 0 spiro atoms. The van der Waals surface area contributed by atoms with Crippen molar-refractivity contribution in [1.29, 1.82) is 0 Å². The normalized spacial score (nSPS) is 11.0. The monoisotopic (exact) mass is 341 g/mol. The number of benzene rings is 1. The number of aryl methyl sites for hydroxylation is 1. The first-order chi connectivity index (χ1) is 11.5. The van der Waals surface area contributed by atoms with E-state index >= 15 is 0 Å². The smallest absolute Gasteiger partial charge is 0.276 e. The third-order valence-electron chi connectivity index (χ3n) is 3.84. The van der Waals surface area contributed by atoms with Gasteiger partial charge in [-0.1, -0.05) is 19.9 Å². The van der Waals surface area contributed by atoms with Crippen molar-refractivity contribution in [2.75, 3.05) is 5.32 Å². The van der Waals surface area contributed by atoms with E-state index in [-0.39, 0.29) is 17.6 Å². The van der Waals surface area contributed by atoms with E-state index in [1.165, 1.54) is 0 Å². The number of aromatic amines is 1. The second kappa shape index (κ2) is 6.49. The van der Waals surface area contributed by atoms with Crippen LogP contribution in [0.4, 0.5) is 5.69 Å². The van der Waals surface area contributed by atoms with Crippen molar-refractivity contribution in [1.82, 2.24) is 10.2 Å². The number of hydrogen-bond donors (Lipinski definition) is 3. The number of nitrogens with one attached hydrogen (secondary N) is 2. The van der Waals surface area contributed by atoms with Crippen LogP contribution in [-0.2, 0) is 0 Å². The van der Waals surface area contributed by atoms with Gasteiger partial charge in [0.05, 0.1) is 10.6 Å². The Morgan fingerprint density at radius 1 is 1.33 bits per heavy atom. The lowest BCUT2D eigenvalue weighted by Gasteiger charge is -2.14. The highest BCUT2D eigenvalue weighted by Gasteiger charge is 2.15. The third-order valence-corrected chi connectivity index (χ3v) is 4.74. The van der Waals surface area contributed by atoms with Gasteiger partial charge in [-0.2, -0.15) is 5.10 Å². The summed E-state index contributed by atoms with van der Waals surface area (Å²) < 4.78 is 0. The van der Waals surface area contributed by atoms with Crippen molar-refractivity contribution in [3.05, 3.63) is 52.5 Å². The van der Waals surface area contributed by atoms with Gasteiger partial charge in [0.1, 0.15) is 5.75 Å². The SMILES string of the molecule is Cc1cc(O)c(C(C)C)cc1NC(=O)c1cc(-c2cccs2)[nH]n1. The maximum absolute atomic E-state index is 12.5. The number of anilines is 1. The molecule has 2 aromatic heterocycles. The van der Waals surface area contributed by atoms with E-state index in [1.807, 2.05) is 44.4 Å². The molecule has 0 fully saturated rings. The maximum Gasteiger partial charge on any atom is 0.276 e. The van der Waals surface area contributed by atoms with E-state index in [9.17, 15) is 9.90 Å². The summed E-state index contributed by atoms with van der Waals surface area (Å²) in [7, 11) is 0. The number of carbonyl (C=O) groups excluding carboxylic acids is 1. The molecule has 0 aliphatic heterocycles. The first-order valence-corrected chi connectivity index (χ1v) is 8.58. The van der Waals surface area contributed by atoms with Crippen molar-refractivity contribution < 1.29 is 9.90 Å². The molecule has 3 N–H and O–H groups in total. The van der Waals surface area contributed by atoms with E-state index in [4.69, 9.17) is 0 Å². The van der Waals surface area contributed by atoms with Gasteiger partial charge in [-0.3, -0.25) is 9.89 Å². The molecular formula is C18H19N3O2S. The van der Waals surface area contributed by atoms with Gasteiger partial charge in [0, 0.05) is 5.69 Å². The number of hydrogen-bond acceptors (Lipinski definition) is 4. The number of thiophene rings is 1. The van der Waals surface area contributed by atoms with Crippen LogP contribution in [0.1, 0.15) is 41.4 Å². The van der Waals surface area contributed by atoms with Gasteiger partial charge in [-0.15, -0.1) is 11.3 Å². The minimum atomic E-state index is -0.280. The van der Waals surface area contributed by atoms with Crippen LogP contribution in [0.3, 0.4) is 0 Å². The van der Waals surface area contributed by atoms with Gasteiger partial charge in [0.15, 0.2) is 5.69 Å². The predicted molar refractivity (Wildman–Crippen MR) is 96.8 cm³/mol. The minimum absolute atomic E-state index is 0.164. The van der Waals surface area contributed by atoms with E-state index in [0.717, 1.165) is 21.7 Å². The second-order valence-corrected chi connectivity index (χ2v) is 6.93. The Balaban J connectivity index is 1.84. The fourth-order valence-corrected chi connectivity index (χ4v) is 3.18. The van der Waals surface area contributed by atoms with E-state index in [1.54, 1.807) is 23.5 Å². The van der Waals surface area contributed by atoms with Crippen LogP contribution in [-0.4, -0.2) is 21.2 Å². The molecule has 6 heteroatoms. The Hall–Kier alpha value is -2.60. The van der Waals surface area contributed by atoms with Crippen LogP contribution < -0.4 is 5.32 Å². The quantitative estimate of drug-likeness (QED) is 0.610. The molecule has 0 radical (unpaired) electrons. The highest BCUT2D eigenvalue weighted by Crippen LogP contribution is 2.31. The van der Waals surface area contributed by atoms with Gasteiger partial charge in [-0.25, -0.2) is 0 Å². The van der Waals surface area contributed by atoms with Crippen LogP contribution in [0.2, 0.25) is 0 Å². The molecule has 2 heterocycles. The lowest BCUT2D eigenvalue weighted by molar-refractivity contribution is 0.102. The molecule has 1 amide bonds. The number of rotatable bonds is 4. The van der Waals surface area contributed by atoms with E-state index < -0.39 is 0 Å². The second-order valence-electron chi connectivity index (χ2n) is 5.98. The van der Waals surface area contributed by atoms with Crippen LogP contribution in [0.5, 0.6) is 5.75 Å². The molecule has 3 rings (SSSR count). The molecule has 0 saturated carbocycles. The lowest BCUT2D eigenvalue weighted by atomic mass is 9.99. The zero-order valence-electron chi connectivity index (χ0n) is 13.8. The standard InChI is InChI=1S/C18H19N3O2S/c1-10(2)12-8-13(11(3)7-16(12)22)19-18(23)15-9-14(20-21-15)17-5-4-6-24-17/h4-10,22H,1-3H3,(H,19,23)(H,20,21). The zero-order valence-corrected chi connectivity index (χ0v) is 14.6. The Morgan fingerprint density at radius 2 is 2.12 bits per heavy atom. The largest absolute Gasteiger partial charge is 0.508 e. The Labute approximate surface area is 144 Å². The van der Waals surface area contributed by atoms with Gasteiger partial charge >= 0.3 is 0 Å². The molecule has 24 heavy (non-hydrogen) atoms. The summed E-state index contributed by atoms with van der Waals surface area (Å²) in [5.74, 6) is 0.134.